The first-order chi connectivity index (χ1) is 13.3. The fourth-order valence-electron chi connectivity index (χ4n) is 2.41. The van der Waals surface area contributed by atoms with Crippen LogP contribution in [0.25, 0.3) is 0 Å². The first kappa shape index (κ1) is 19.6. The lowest BCUT2D eigenvalue weighted by Gasteiger charge is -2.25. The molecule has 0 saturated heterocycles. The quantitative estimate of drug-likeness (QED) is 0.718. The smallest absolute Gasteiger partial charge is 0.283 e. The SMILES string of the molecule is CN(C)S(=O)(=O)c1ccc(C(=O)NNC(=O)[C@@H]2COc3ccccc3O2)cc1. The molecule has 0 radical (unpaired) electrons. The summed E-state index contributed by atoms with van der Waals surface area (Å²) in [6.45, 7) is 0.00973. The Labute approximate surface area is 162 Å². The van der Waals surface area contributed by atoms with Gasteiger partial charge in [0, 0.05) is 19.7 Å². The Balaban J connectivity index is 1.58. The molecule has 9 nitrogen and oxygen atoms in total. The van der Waals surface area contributed by atoms with Gasteiger partial charge >= 0.3 is 0 Å². The standard InChI is InChI=1S/C18H19N3O6S/c1-21(2)28(24,25)13-9-7-12(8-10-13)17(22)19-20-18(23)16-11-26-14-5-3-4-6-15(14)27-16/h3-10,16H,11H2,1-2H3,(H,19,22)(H,20,23)/t16-/m0/s1. The number of nitrogens with zero attached hydrogens (tertiary/aromatic N) is 1. The van der Waals surface area contributed by atoms with Gasteiger partial charge in [0.1, 0.15) is 6.61 Å². The van der Waals surface area contributed by atoms with Crippen LogP contribution in [0.4, 0.5) is 0 Å². The van der Waals surface area contributed by atoms with Crippen LogP contribution in [0.3, 0.4) is 0 Å². The largest absolute Gasteiger partial charge is 0.485 e. The Morgan fingerprint density at radius 1 is 1.00 bits per heavy atom. The van der Waals surface area contributed by atoms with Crippen molar-refractivity contribution in [2.24, 2.45) is 0 Å². The van der Waals surface area contributed by atoms with E-state index in [9.17, 15) is 18.0 Å². The number of fused-ring (bicyclic) bond motifs is 1. The van der Waals surface area contributed by atoms with Gasteiger partial charge in [-0.2, -0.15) is 0 Å². The summed E-state index contributed by atoms with van der Waals surface area (Å²) in [5, 5.41) is 0. The Morgan fingerprint density at radius 2 is 1.64 bits per heavy atom. The molecule has 2 amide bonds. The van der Waals surface area contributed by atoms with Gasteiger partial charge in [0.2, 0.25) is 16.1 Å². The number of hydrogen-bond acceptors (Lipinski definition) is 6. The maximum atomic E-state index is 12.2. The van der Waals surface area contributed by atoms with Gasteiger partial charge in [-0.05, 0) is 36.4 Å². The van der Waals surface area contributed by atoms with Gasteiger partial charge in [0.15, 0.2) is 11.5 Å². The zero-order valence-corrected chi connectivity index (χ0v) is 16.0. The van der Waals surface area contributed by atoms with Crippen molar-refractivity contribution < 1.29 is 27.5 Å². The highest BCUT2D eigenvalue weighted by atomic mass is 32.2. The van der Waals surface area contributed by atoms with Crippen molar-refractivity contribution in [3.8, 4) is 11.5 Å². The van der Waals surface area contributed by atoms with Gasteiger partial charge in [0.25, 0.3) is 11.8 Å². The van der Waals surface area contributed by atoms with Crippen LogP contribution in [0.2, 0.25) is 0 Å². The number of carbonyl (C=O) groups is 2. The lowest BCUT2D eigenvalue weighted by molar-refractivity contribution is -0.131. The van der Waals surface area contributed by atoms with Crippen LogP contribution in [-0.2, 0) is 14.8 Å². The average Bonchev–Trinajstić information content (AvgIpc) is 2.71. The van der Waals surface area contributed by atoms with E-state index in [1.165, 1.54) is 38.4 Å². The molecule has 148 valence electrons. The molecule has 0 aromatic heterocycles. The van der Waals surface area contributed by atoms with Gasteiger partial charge in [-0.1, -0.05) is 12.1 Å². The molecular weight excluding hydrogens is 386 g/mol. The lowest BCUT2D eigenvalue weighted by atomic mass is 10.2. The molecule has 0 unspecified atom stereocenters. The molecular formula is C18H19N3O6S. The van der Waals surface area contributed by atoms with Crippen molar-refractivity contribution in [2.75, 3.05) is 20.7 Å². The highest BCUT2D eigenvalue weighted by Gasteiger charge is 2.27. The van der Waals surface area contributed by atoms with Crippen molar-refractivity contribution in [3.05, 3.63) is 54.1 Å². The predicted octanol–water partition coefficient (Wildman–Crippen LogP) is 0.538. The van der Waals surface area contributed by atoms with Crippen LogP contribution in [0.5, 0.6) is 11.5 Å². The molecule has 0 saturated carbocycles. The van der Waals surface area contributed by atoms with Crippen LogP contribution < -0.4 is 20.3 Å². The van der Waals surface area contributed by atoms with Crippen LogP contribution in [0.1, 0.15) is 10.4 Å². The zero-order valence-electron chi connectivity index (χ0n) is 15.2. The fraction of sp³-hybridized carbons (Fsp3) is 0.222. The fourth-order valence-corrected chi connectivity index (χ4v) is 3.31. The molecule has 2 aromatic carbocycles. The number of hydrazine groups is 1. The second kappa shape index (κ2) is 7.87. The normalized spacial score (nSPS) is 15.8. The second-order valence-electron chi connectivity index (χ2n) is 6.12. The van der Waals surface area contributed by atoms with E-state index in [0.717, 1.165) is 4.31 Å². The summed E-state index contributed by atoms with van der Waals surface area (Å²) in [6.07, 6.45) is -0.914. The number of sulfonamides is 1. The van der Waals surface area contributed by atoms with Crippen molar-refractivity contribution in [3.63, 3.8) is 0 Å². The van der Waals surface area contributed by atoms with Crippen molar-refractivity contribution in [1.29, 1.82) is 0 Å². The first-order valence-electron chi connectivity index (χ1n) is 8.30. The molecule has 28 heavy (non-hydrogen) atoms. The summed E-state index contributed by atoms with van der Waals surface area (Å²) < 4.78 is 36.1. The summed E-state index contributed by atoms with van der Waals surface area (Å²) in [4.78, 5) is 24.4. The third kappa shape index (κ3) is 4.07. The van der Waals surface area contributed by atoms with Crippen LogP contribution >= 0.6 is 0 Å². The number of rotatable bonds is 4. The summed E-state index contributed by atoms with van der Waals surface area (Å²) in [5.41, 5.74) is 4.73. The van der Waals surface area contributed by atoms with E-state index in [1.807, 2.05) is 0 Å². The number of para-hydroxylation sites is 2. The third-order valence-electron chi connectivity index (χ3n) is 4.00. The van der Waals surface area contributed by atoms with Crippen molar-refractivity contribution in [2.45, 2.75) is 11.0 Å². The minimum absolute atomic E-state index is 0.00973. The van der Waals surface area contributed by atoms with Crippen LogP contribution in [-0.4, -0.2) is 51.3 Å². The number of amides is 2. The molecule has 0 spiro atoms. The molecule has 0 aliphatic carbocycles. The number of hydrogen-bond donors (Lipinski definition) is 2. The lowest BCUT2D eigenvalue weighted by Crippen LogP contribution is -2.50. The molecule has 1 atom stereocenters. The number of ether oxygens (including phenoxy) is 2. The third-order valence-corrected chi connectivity index (χ3v) is 5.82. The number of carbonyl (C=O) groups excluding carboxylic acids is 2. The summed E-state index contributed by atoms with van der Waals surface area (Å²) in [6, 6.07) is 12.3. The first-order valence-corrected chi connectivity index (χ1v) is 9.74. The minimum Gasteiger partial charge on any atom is -0.485 e. The average molecular weight is 405 g/mol. The van der Waals surface area contributed by atoms with Gasteiger partial charge in [-0.25, -0.2) is 12.7 Å². The van der Waals surface area contributed by atoms with E-state index in [1.54, 1.807) is 24.3 Å². The molecule has 0 bridgehead atoms. The van der Waals surface area contributed by atoms with Gasteiger partial charge in [0.05, 0.1) is 4.90 Å². The van der Waals surface area contributed by atoms with Crippen molar-refractivity contribution in [1.82, 2.24) is 15.2 Å². The number of benzene rings is 2. The topological polar surface area (TPSA) is 114 Å². The predicted molar refractivity (Wildman–Crippen MR) is 99.3 cm³/mol. The Kier molecular flexibility index (Phi) is 5.52. The summed E-state index contributed by atoms with van der Waals surface area (Å²) in [5.74, 6) is -0.185. The van der Waals surface area contributed by atoms with E-state index < -0.39 is 27.9 Å². The molecule has 2 N–H and O–H groups in total. The zero-order chi connectivity index (χ0) is 20.3. The van der Waals surface area contributed by atoms with E-state index in [4.69, 9.17) is 9.47 Å². The van der Waals surface area contributed by atoms with Crippen LogP contribution in [0.15, 0.2) is 53.4 Å². The maximum absolute atomic E-state index is 12.2. The van der Waals surface area contributed by atoms with Crippen LogP contribution in [0, 0.1) is 0 Å². The van der Waals surface area contributed by atoms with Gasteiger partial charge in [-0.3, -0.25) is 20.4 Å². The van der Waals surface area contributed by atoms with Gasteiger partial charge in [-0.15, -0.1) is 0 Å². The Hall–Kier alpha value is -3.11. The molecule has 3 rings (SSSR count). The molecule has 10 heteroatoms. The van der Waals surface area contributed by atoms with E-state index in [2.05, 4.69) is 10.9 Å². The molecule has 1 aliphatic rings. The Morgan fingerprint density at radius 3 is 2.29 bits per heavy atom. The van der Waals surface area contributed by atoms with E-state index in [-0.39, 0.29) is 17.1 Å². The monoisotopic (exact) mass is 405 g/mol. The molecule has 0 fully saturated rings. The summed E-state index contributed by atoms with van der Waals surface area (Å²) in [7, 11) is -0.747. The second-order valence-corrected chi connectivity index (χ2v) is 8.27. The van der Waals surface area contributed by atoms with Gasteiger partial charge < -0.3 is 9.47 Å². The molecule has 2 aromatic rings. The molecule has 1 heterocycles. The Bertz CT molecular complexity index is 989. The number of nitrogens with one attached hydrogen (secondary N) is 2. The van der Waals surface area contributed by atoms with E-state index in [0.29, 0.717) is 11.5 Å². The van der Waals surface area contributed by atoms with Crippen molar-refractivity contribution >= 4 is 21.8 Å². The highest BCUT2D eigenvalue weighted by Crippen LogP contribution is 2.30. The molecule has 1 aliphatic heterocycles. The summed E-state index contributed by atoms with van der Waals surface area (Å²) >= 11 is 0. The van der Waals surface area contributed by atoms with E-state index >= 15 is 0 Å². The minimum atomic E-state index is -3.58. The highest BCUT2D eigenvalue weighted by molar-refractivity contribution is 7.89. The maximum Gasteiger partial charge on any atom is 0.283 e.